The summed E-state index contributed by atoms with van der Waals surface area (Å²) in [5, 5.41) is 3.68. The lowest BCUT2D eigenvalue weighted by Gasteiger charge is -2.18. The van der Waals surface area contributed by atoms with E-state index in [1.165, 1.54) is 11.0 Å². The third-order valence-electron chi connectivity index (χ3n) is 3.65. The van der Waals surface area contributed by atoms with Crippen LogP contribution < -0.4 is 5.73 Å². The summed E-state index contributed by atoms with van der Waals surface area (Å²) in [5.41, 5.74) is 5.20. The van der Waals surface area contributed by atoms with Crippen LogP contribution in [0.2, 0.25) is 0 Å². The molecule has 6 nitrogen and oxygen atoms in total. The van der Waals surface area contributed by atoms with Crippen molar-refractivity contribution in [2.45, 2.75) is 25.2 Å². The van der Waals surface area contributed by atoms with E-state index in [4.69, 9.17) is 10.3 Å². The van der Waals surface area contributed by atoms with E-state index in [2.05, 4.69) is 10.1 Å². The second-order valence-corrected chi connectivity index (χ2v) is 5.32. The number of hydrogen-bond donors (Lipinski definition) is 1. The molecule has 1 fully saturated rings. The molecule has 1 aliphatic heterocycles. The van der Waals surface area contributed by atoms with Gasteiger partial charge in [-0.1, -0.05) is 5.16 Å². The zero-order valence-corrected chi connectivity index (χ0v) is 11.9. The maximum absolute atomic E-state index is 13.7. The molecule has 2 N–H and O–H groups in total. The average molecular weight is 326 g/mol. The van der Waals surface area contributed by atoms with Crippen molar-refractivity contribution in [1.29, 1.82) is 0 Å². The third-order valence-corrected chi connectivity index (χ3v) is 3.65. The van der Waals surface area contributed by atoms with Crippen LogP contribution in [0.3, 0.4) is 0 Å². The number of rotatable bonds is 4. The average Bonchev–Trinajstić information content (AvgIpc) is 3.06. The van der Waals surface area contributed by atoms with Gasteiger partial charge in [-0.2, -0.15) is 4.98 Å². The van der Waals surface area contributed by atoms with Crippen LogP contribution in [-0.2, 0) is 11.3 Å². The highest BCUT2D eigenvalue weighted by molar-refractivity contribution is 5.80. The summed E-state index contributed by atoms with van der Waals surface area (Å²) in [7, 11) is 0. The molecule has 0 aliphatic carbocycles. The maximum Gasteiger partial charge on any atom is 0.260 e. The number of amides is 1. The fraction of sp³-hybridized carbons (Fsp3) is 0.357. The Morgan fingerprint density at radius 3 is 2.91 bits per heavy atom. The summed E-state index contributed by atoms with van der Waals surface area (Å²) in [5.74, 6) is -2.15. The number of hydrogen-bond acceptors (Lipinski definition) is 5. The number of carbonyl (C=O) groups is 1. The van der Waals surface area contributed by atoms with Gasteiger partial charge in [0.25, 0.3) is 5.89 Å². The van der Waals surface area contributed by atoms with Gasteiger partial charge >= 0.3 is 0 Å². The van der Waals surface area contributed by atoms with E-state index in [-0.39, 0.29) is 36.8 Å². The van der Waals surface area contributed by atoms with E-state index >= 15 is 0 Å². The Morgan fingerprint density at radius 2 is 2.22 bits per heavy atom. The Bertz CT molecular complexity index is 737. The first-order chi connectivity index (χ1) is 10.9. The van der Waals surface area contributed by atoms with Crippen molar-refractivity contribution in [3.63, 3.8) is 0 Å². The standard InChI is InChI=1S/C14H13F3N4O2/c15-7-1-2-9(10(17)3-7)14-19-12(20-23-14)6-21-5-8(16)4-11(21)13(18)22/h1-3,8,11H,4-6H2,(H2,18,22)/t8-,11+/m1/s1. The number of nitrogens with two attached hydrogens (primary N) is 1. The molecular weight excluding hydrogens is 313 g/mol. The Balaban J connectivity index is 1.78. The molecule has 1 aliphatic rings. The van der Waals surface area contributed by atoms with Gasteiger partial charge < -0.3 is 10.3 Å². The van der Waals surface area contributed by atoms with Crippen LogP contribution in [0.15, 0.2) is 22.7 Å². The third kappa shape index (κ3) is 3.19. The first-order valence-corrected chi connectivity index (χ1v) is 6.89. The number of carbonyl (C=O) groups excluding carboxylic acids is 1. The number of alkyl halides is 1. The monoisotopic (exact) mass is 326 g/mol. The number of primary amides is 1. The Morgan fingerprint density at radius 1 is 1.43 bits per heavy atom. The second-order valence-electron chi connectivity index (χ2n) is 5.32. The minimum Gasteiger partial charge on any atom is -0.368 e. The molecule has 0 spiro atoms. The van der Waals surface area contributed by atoms with Crippen molar-refractivity contribution in [3.8, 4) is 11.5 Å². The second kappa shape index (κ2) is 5.99. The number of likely N-dealkylation sites (tertiary alicyclic amines) is 1. The van der Waals surface area contributed by atoms with Crippen LogP contribution in [0.25, 0.3) is 11.5 Å². The Labute approximate surface area is 129 Å². The molecule has 0 radical (unpaired) electrons. The predicted octanol–water partition coefficient (Wildman–Crippen LogP) is 1.41. The van der Waals surface area contributed by atoms with Crippen LogP contribution in [0.4, 0.5) is 13.2 Å². The summed E-state index contributed by atoms with van der Waals surface area (Å²) < 4.78 is 45.0. The topological polar surface area (TPSA) is 85.3 Å². The molecule has 2 atom stereocenters. The molecule has 23 heavy (non-hydrogen) atoms. The largest absolute Gasteiger partial charge is 0.368 e. The highest BCUT2D eigenvalue weighted by atomic mass is 19.1. The van der Waals surface area contributed by atoms with Crippen LogP contribution in [0.5, 0.6) is 0 Å². The van der Waals surface area contributed by atoms with Gasteiger partial charge in [0.2, 0.25) is 5.91 Å². The first kappa shape index (κ1) is 15.5. The number of aromatic nitrogens is 2. The van der Waals surface area contributed by atoms with Crippen LogP contribution >= 0.6 is 0 Å². The minimum absolute atomic E-state index is 0.0205. The van der Waals surface area contributed by atoms with E-state index in [0.717, 1.165) is 6.07 Å². The van der Waals surface area contributed by atoms with E-state index < -0.39 is 29.8 Å². The number of benzene rings is 1. The molecule has 9 heteroatoms. The molecule has 2 heterocycles. The molecule has 3 rings (SSSR count). The van der Waals surface area contributed by atoms with Crippen LogP contribution in [0, 0.1) is 11.6 Å². The summed E-state index contributed by atoms with van der Waals surface area (Å²) in [6.45, 7) is 0.0722. The lowest BCUT2D eigenvalue weighted by atomic mass is 10.2. The van der Waals surface area contributed by atoms with E-state index in [9.17, 15) is 18.0 Å². The van der Waals surface area contributed by atoms with Gasteiger partial charge in [-0.25, -0.2) is 13.2 Å². The smallest absolute Gasteiger partial charge is 0.260 e. The normalized spacial score (nSPS) is 21.7. The van der Waals surface area contributed by atoms with Gasteiger partial charge in [0, 0.05) is 19.0 Å². The van der Waals surface area contributed by atoms with E-state index in [1.807, 2.05) is 0 Å². The predicted molar refractivity (Wildman–Crippen MR) is 72.6 cm³/mol. The highest BCUT2D eigenvalue weighted by Crippen LogP contribution is 2.24. The van der Waals surface area contributed by atoms with Crippen molar-refractivity contribution < 1.29 is 22.5 Å². The maximum atomic E-state index is 13.7. The number of halogens is 3. The molecule has 1 aromatic heterocycles. The molecule has 0 unspecified atom stereocenters. The van der Waals surface area contributed by atoms with Crippen molar-refractivity contribution in [3.05, 3.63) is 35.7 Å². The van der Waals surface area contributed by atoms with Gasteiger partial charge in [-0.15, -0.1) is 0 Å². The summed E-state index contributed by atoms with van der Waals surface area (Å²) in [6.07, 6.45) is -1.14. The molecule has 2 aromatic rings. The number of nitrogens with zero attached hydrogens (tertiary/aromatic N) is 3. The van der Waals surface area contributed by atoms with Crippen molar-refractivity contribution >= 4 is 5.91 Å². The lowest BCUT2D eigenvalue weighted by Crippen LogP contribution is -2.39. The van der Waals surface area contributed by atoms with Crippen molar-refractivity contribution in [2.75, 3.05) is 6.54 Å². The van der Waals surface area contributed by atoms with Crippen molar-refractivity contribution in [2.24, 2.45) is 5.73 Å². The van der Waals surface area contributed by atoms with Crippen LogP contribution in [0.1, 0.15) is 12.2 Å². The molecule has 1 amide bonds. The minimum atomic E-state index is -1.16. The summed E-state index contributed by atoms with van der Waals surface area (Å²) in [4.78, 5) is 16.8. The fourth-order valence-corrected chi connectivity index (χ4v) is 2.59. The molecule has 1 saturated heterocycles. The highest BCUT2D eigenvalue weighted by Gasteiger charge is 2.36. The molecule has 0 saturated carbocycles. The first-order valence-electron chi connectivity index (χ1n) is 6.89. The zero-order valence-electron chi connectivity index (χ0n) is 11.9. The van der Waals surface area contributed by atoms with Crippen molar-refractivity contribution in [1.82, 2.24) is 15.0 Å². The lowest BCUT2D eigenvalue weighted by molar-refractivity contribution is -0.122. The van der Waals surface area contributed by atoms with Gasteiger partial charge in [0.1, 0.15) is 17.8 Å². The molecule has 122 valence electrons. The van der Waals surface area contributed by atoms with Gasteiger partial charge in [0.05, 0.1) is 18.2 Å². The van der Waals surface area contributed by atoms with Gasteiger partial charge in [-0.05, 0) is 12.1 Å². The van der Waals surface area contributed by atoms with E-state index in [0.29, 0.717) is 6.07 Å². The quantitative estimate of drug-likeness (QED) is 0.918. The van der Waals surface area contributed by atoms with Gasteiger partial charge in [0.15, 0.2) is 5.82 Å². The fourth-order valence-electron chi connectivity index (χ4n) is 2.59. The van der Waals surface area contributed by atoms with Gasteiger partial charge in [-0.3, -0.25) is 9.69 Å². The molecule has 0 bridgehead atoms. The molecular formula is C14H13F3N4O2. The van der Waals surface area contributed by atoms with E-state index in [1.54, 1.807) is 0 Å². The summed E-state index contributed by atoms with van der Waals surface area (Å²) in [6, 6.07) is 2.21. The molecule has 1 aromatic carbocycles. The SMILES string of the molecule is NC(=O)[C@@H]1C[C@@H](F)CN1Cc1noc(-c2ccc(F)cc2F)n1. The summed E-state index contributed by atoms with van der Waals surface area (Å²) >= 11 is 0. The Kier molecular flexibility index (Phi) is 4.03. The zero-order chi connectivity index (χ0) is 16.6. The van der Waals surface area contributed by atoms with Crippen LogP contribution in [-0.4, -0.2) is 39.7 Å². The Hall–Kier alpha value is -2.42.